The lowest BCUT2D eigenvalue weighted by Crippen LogP contribution is -2.41. The largest absolute Gasteiger partial charge is 0.334 e. The van der Waals surface area contributed by atoms with Gasteiger partial charge in [0.05, 0.1) is 0 Å². The highest BCUT2D eigenvalue weighted by molar-refractivity contribution is 6.27. The summed E-state index contributed by atoms with van der Waals surface area (Å²) in [6, 6.07) is 6.82. The molecule has 0 aromatic heterocycles. The molecule has 0 atom stereocenters. The first kappa shape index (κ1) is 14.3. The Morgan fingerprint density at radius 3 is 2.58 bits per heavy atom. The third kappa shape index (κ3) is 3.69. The predicted octanol–water partition coefficient (Wildman–Crippen LogP) is 3.73. The number of benzene rings is 1. The number of hydrogen-bond acceptors (Lipinski definition) is 1. The molecule has 2 rings (SSSR count). The van der Waals surface area contributed by atoms with Crippen LogP contribution in [-0.4, -0.2) is 22.7 Å². The Morgan fingerprint density at radius 1 is 1.26 bits per heavy atom. The van der Waals surface area contributed by atoms with Crippen molar-refractivity contribution in [1.82, 2.24) is 4.90 Å². The second-order valence-corrected chi connectivity index (χ2v) is 5.31. The zero-order valence-electron chi connectivity index (χ0n) is 10.9. The van der Waals surface area contributed by atoms with E-state index in [1.165, 1.54) is 12.5 Å². The van der Waals surface area contributed by atoms with Gasteiger partial charge < -0.3 is 4.90 Å². The third-order valence-electron chi connectivity index (χ3n) is 3.75. The van der Waals surface area contributed by atoms with Crippen LogP contribution in [0.1, 0.15) is 37.7 Å². The lowest BCUT2D eigenvalue weighted by atomic mass is 9.93. The number of amides is 1. The van der Waals surface area contributed by atoms with Gasteiger partial charge in [-0.15, -0.1) is 11.6 Å². The van der Waals surface area contributed by atoms with Crippen LogP contribution in [-0.2, 0) is 11.3 Å². The SMILES string of the molecule is O=C(CCl)N(Cc1ccccc1F)C1CCCCC1. The van der Waals surface area contributed by atoms with Gasteiger partial charge in [-0.2, -0.15) is 0 Å². The quantitative estimate of drug-likeness (QED) is 0.771. The summed E-state index contributed by atoms with van der Waals surface area (Å²) in [5.41, 5.74) is 0.562. The van der Waals surface area contributed by atoms with Gasteiger partial charge in [0.15, 0.2) is 0 Å². The first-order valence-electron chi connectivity index (χ1n) is 6.81. The van der Waals surface area contributed by atoms with Crippen molar-refractivity contribution in [2.75, 3.05) is 5.88 Å². The molecule has 0 N–H and O–H groups in total. The fourth-order valence-electron chi connectivity index (χ4n) is 2.70. The Hall–Kier alpha value is -1.09. The van der Waals surface area contributed by atoms with Crippen LogP contribution in [0.4, 0.5) is 4.39 Å². The monoisotopic (exact) mass is 283 g/mol. The van der Waals surface area contributed by atoms with Gasteiger partial charge >= 0.3 is 0 Å². The van der Waals surface area contributed by atoms with Crippen LogP contribution in [0, 0.1) is 5.82 Å². The summed E-state index contributed by atoms with van der Waals surface area (Å²) >= 11 is 5.69. The number of carbonyl (C=O) groups excluding carboxylic acids is 1. The Bertz CT molecular complexity index is 432. The molecule has 1 fully saturated rings. The van der Waals surface area contributed by atoms with Crippen LogP contribution in [0.5, 0.6) is 0 Å². The van der Waals surface area contributed by atoms with Crippen molar-refractivity contribution in [2.45, 2.75) is 44.7 Å². The van der Waals surface area contributed by atoms with E-state index in [4.69, 9.17) is 11.6 Å². The van der Waals surface area contributed by atoms with Crippen LogP contribution in [0.3, 0.4) is 0 Å². The van der Waals surface area contributed by atoms with E-state index in [1.807, 2.05) is 0 Å². The molecule has 0 radical (unpaired) electrons. The van der Waals surface area contributed by atoms with Gasteiger partial charge in [0.1, 0.15) is 11.7 Å². The second-order valence-electron chi connectivity index (χ2n) is 5.04. The molecule has 1 aliphatic carbocycles. The molecule has 0 unspecified atom stereocenters. The van der Waals surface area contributed by atoms with Gasteiger partial charge in [-0.05, 0) is 18.9 Å². The molecule has 1 aromatic carbocycles. The average molecular weight is 284 g/mol. The van der Waals surface area contributed by atoms with Gasteiger partial charge in [0, 0.05) is 18.2 Å². The predicted molar refractivity (Wildman–Crippen MR) is 74.5 cm³/mol. The average Bonchev–Trinajstić information content (AvgIpc) is 2.46. The highest BCUT2D eigenvalue weighted by Crippen LogP contribution is 2.25. The van der Waals surface area contributed by atoms with E-state index in [0.717, 1.165) is 25.7 Å². The summed E-state index contributed by atoms with van der Waals surface area (Å²) in [7, 11) is 0. The molecule has 0 aliphatic heterocycles. The van der Waals surface area contributed by atoms with Crippen molar-refractivity contribution in [1.29, 1.82) is 0 Å². The molecule has 0 saturated heterocycles. The fourth-order valence-corrected chi connectivity index (χ4v) is 2.85. The molecule has 0 heterocycles. The van der Waals surface area contributed by atoms with Crippen molar-refractivity contribution in [3.05, 3.63) is 35.6 Å². The summed E-state index contributed by atoms with van der Waals surface area (Å²) in [5.74, 6) is -0.396. The van der Waals surface area contributed by atoms with E-state index in [1.54, 1.807) is 23.1 Å². The molecule has 1 amide bonds. The number of halogens is 2. The third-order valence-corrected chi connectivity index (χ3v) is 3.98. The van der Waals surface area contributed by atoms with E-state index in [-0.39, 0.29) is 23.6 Å². The van der Waals surface area contributed by atoms with Crippen LogP contribution < -0.4 is 0 Å². The van der Waals surface area contributed by atoms with Crippen molar-refractivity contribution in [2.24, 2.45) is 0 Å². The van der Waals surface area contributed by atoms with Crippen molar-refractivity contribution in [3.8, 4) is 0 Å². The summed E-state index contributed by atoms with van der Waals surface area (Å²) in [5, 5.41) is 0. The van der Waals surface area contributed by atoms with Crippen LogP contribution >= 0.6 is 11.6 Å². The maximum absolute atomic E-state index is 13.7. The summed E-state index contributed by atoms with van der Waals surface area (Å²) in [6.45, 7) is 0.322. The Labute approximate surface area is 118 Å². The lowest BCUT2D eigenvalue weighted by Gasteiger charge is -2.34. The second kappa shape index (κ2) is 6.90. The standard InChI is InChI=1S/C15H19ClFNO/c16-10-15(19)18(13-7-2-1-3-8-13)11-12-6-4-5-9-14(12)17/h4-6,9,13H,1-3,7-8,10-11H2. The van der Waals surface area contributed by atoms with Crippen LogP contribution in [0.15, 0.2) is 24.3 Å². The number of nitrogens with zero attached hydrogens (tertiary/aromatic N) is 1. The first-order chi connectivity index (χ1) is 9.22. The van der Waals surface area contributed by atoms with Gasteiger partial charge in [0.2, 0.25) is 5.91 Å². The molecule has 0 spiro atoms. The van der Waals surface area contributed by atoms with E-state index in [9.17, 15) is 9.18 Å². The van der Waals surface area contributed by atoms with Gasteiger partial charge in [-0.1, -0.05) is 37.5 Å². The van der Waals surface area contributed by atoms with Crippen molar-refractivity contribution >= 4 is 17.5 Å². The normalized spacial score (nSPS) is 16.3. The molecule has 1 aromatic rings. The highest BCUT2D eigenvalue weighted by atomic mass is 35.5. The molecule has 1 aliphatic rings. The van der Waals surface area contributed by atoms with Gasteiger partial charge in [-0.25, -0.2) is 4.39 Å². The lowest BCUT2D eigenvalue weighted by molar-refractivity contribution is -0.132. The van der Waals surface area contributed by atoms with Crippen molar-refractivity contribution < 1.29 is 9.18 Å². The molecule has 4 heteroatoms. The van der Waals surface area contributed by atoms with Crippen LogP contribution in [0.2, 0.25) is 0 Å². The van der Waals surface area contributed by atoms with Gasteiger partial charge in [-0.3, -0.25) is 4.79 Å². The summed E-state index contributed by atoms with van der Waals surface area (Å²) < 4.78 is 13.7. The van der Waals surface area contributed by atoms with E-state index in [0.29, 0.717) is 12.1 Å². The van der Waals surface area contributed by atoms with E-state index >= 15 is 0 Å². The molecular formula is C15H19ClFNO. The molecule has 2 nitrogen and oxygen atoms in total. The van der Waals surface area contributed by atoms with E-state index in [2.05, 4.69) is 0 Å². The Kier molecular flexibility index (Phi) is 5.20. The van der Waals surface area contributed by atoms with Gasteiger partial charge in [0.25, 0.3) is 0 Å². The molecule has 1 saturated carbocycles. The number of carbonyl (C=O) groups is 1. The minimum absolute atomic E-state index is 0.0368. The molecule has 104 valence electrons. The van der Waals surface area contributed by atoms with Crippen LogP contribution in [0.25, 0.3) is 0 Å². The summed E-state index contributed by atoms with van der Waals surface area (Å²) in [4.78, 5) is 13.8. The number of alkyl halides is 1. The molecule has 19 heavy (non-hydrogen) atoms. The smallest absolute Gasteiger partial charge is 0.238 e. The minimum Gasteiger partial charge on any atom is -0.334 e. The fraction of sp³-hybridized carbons (Fsp3) is 0.533. The van der Waals surface area contributed by atoms with E-state index < -0.39 is 0 Å². The number of rotatable bonds is 4. The maximum atomic E-state index is 13.7. The zero-order chi connectivity index (χ0) is 13.7. The van der Waals surface area contributed by atoms with Crippen molar-refractivity contribution in [3.63, 3.8) is 0 Å². The topological polar surface area (TPSA) is 20.3 Å². The minimum atomic E-state index is -0.259. The molecule has 0 bridgehead atoms. The maximum Gasteiger partial charge on any atom is 0.238 e. The number of hydrogen-bond donors (Lipinski definition) is 0. The zero-order valence-corrected chi connectivity index (χ0v) is 11.7. The first-order valence-corrected chi connectivity index (χ1v) is 7.34. The highest BCUT2D eigenvalue weighted by Gasteiger charge is 2.25. The Morgan fingerprint density at radius 2 is 1.95 bits per heavy atom. The Balaban J connectivity index is 2.13. The molecular weight excluding hydrogens is 265 g/mol. The summed E-state index contributed by atoms with van der Waals surface area (Å²) in [6.07, 6.45) is 5.48.